The number of hydrogen-bond acceptors (Lipinski definition) is 5. The molecule has 3 amide bonds. The number of hydrogen-bond donors (Lipinski definition) is 1. The van der Waals surface area contributed by atoms with Crippen molar-refractivity contribution in [2.24, 2.45) is 0 Å². The van der Waals surface area contributed by atoms with Crippen LogP contribution in [0, 0.1) is 0 Å². The van der Waals surface area contributed by atoms with E-state index in [2.05, 4.69) is 15.5 Å². The third kappa shape index (κ3) is 2.90. The lowest BCUT2D eigenvalue weighted by Crippen LogP contribution is -2.46. The number of imide groups is 1. The second-order valence-electron chi connectivity index (χ2n) is 6.70. The van der Waals surface area contributed by atoms with Crippen LogP contribution in [0.25, 0.3) is 11.5 Å². The Bertz CT molecular complexity index is 779. The van der Waals surface area contributed by atoms with E-state index in [1.54, 1.807) is 0 Å². The van der Waals surface area contributed by atoms with E-state index in [9.17, 15) is 9.59 Å². The van der Waals surface area contributed by atoms with Crippen molar-refractivity contribution in [3.8, 4) is 11.5 Å². The molecule has 0 bridgehead atoms. The Labute approximate surface area is 145 Å². The molecule has 2 aliphatic rings. The maximum absolute atomic E-state index is 12.9. The van der Waals surface area contributed by atoms with Gasteiger partial charge in [0.1, 0.15) is 5.54 Å². The third-order valence-corrected chi connectivity index (χ3v) is 4.99. The lowest BCUT2D eigenvalue weighted by molar-refractivity contribution is -0.132. The van der Waals surface area contributed by atoms with Crippen LogP contribution in [0.1, 0.15) is 44.3 Å². The third-order valence-electron chi connectivity index (χ3n) is 4.99. The SMILES string of the molecule is O=C1NC2(CCCCCC2)C(=O)N1Cc1noc(-c2ccccc2)n1. The van der Waals surface area contributed by atoms with Gasteiger partial charge in [-0.2, -0.15) is 4.98 Å². The van der Waals surface area contributed by atoms with Crippen LogP contribution in [0.15, 0.2) is 34.9 Å². The number of benzene rings is 1. The highest BCUT2D eigenvalue weighted by molar-refractivity contribution is 6.06. The number of carbonyl (C=O) groups excluding carboxylic acids is 2. The van der Waals surface area contributed by atoms with E-state index in [1.165, 1.54) is 4.90 Å². The summed E-state index contributed by atoms with van der Waals surface area (Å²) in [6.45, 7) is 0.0305. The van der Waals surface area contributed by atoms with E-state index in [0.717, 1.165) is 31.2 Å². The first-order valence-corrected chi connectivity index (χ1v) is 8.70. The molecule has 7 nitrogen and oxygen atoms in total. The van der Waals surface area contributed by atoms with Crippen molar-refractivity contribution in [3.63, 3.8) is 0 Å². The number of urea groups is 1. The van der Waals surface area contributed by atoms with Crippen molar-refractivity contribution in [2.45, 2.75) is 50.6 Å². The predicted octanol–water partition coefficient (Wildman–Crippen LogP) is 2.88. The molecule has 1 N–H and O–H groups in total. The summed E-state index contributed by atoms with van der Waals surface area (Å²) in [6.07, 6.45) is 5.54. The number of amides is 3. The monoisotopic (exact) mass is 340 g/mol. The van der Waals surface area contributed by atoms with Gasteiger partial charge < -0.3 is 9.84 Å². The highest BCUT2D eigenvalue weighted by atomic mass is 16.5. The zero-order chi connectivity index (χ0) is 17.3. The molecule has 0 radical (unpaired) electrons. The summed E-state index contributed by atoms with van der Waals surface area (Å²) in [4.78, 5) is 30.8. The lowest BCUT2D eigenvalue weighted by atomic mass is 9.90. The molecule has 7 heteroatoms. The topological polar surface area (TPSA) is 88.3 Å². The number of carbonyl (C=O) groups is 2. The summed E-state index contributed by atoms with van der Waals surface area (Å²) >= 11 is 0. The second-order valence-corrected chi connectivity index (χ2v) is 6.70. The van der Waals surface area contributed by atoms with Gasteiger partial charge in [0.2, 0.25) is 0 Å². The predicted molar refractivity (Wildman–Crippen MR) is 89.2 cm³/mol. The number of rotatable bonds is 3. The Hall–Kier alpha value is -2.70. The molecule has 25 heavy (non-hydrogen) atoms. The normalized spacial score (nSPS) is 19.9. The minimum atomic E-state index is -0.737. The van der Waals surface area contributed by atoms with Crippen molar-refractivity contribution in [2.75, 3.05) is 0 Å². The van der Waals surface area contributed by atoms with Crippen LogP contribution in [0.3, 0.4) is 0 Å². The standard InChI is InChI=1S/C18H20N4O3/c23-16-18(10-6-1-2-7-11-18)20-17(24)22(16)12-14-19-15(25-21-14)13-8-4-3-5-9-13/h3-5,8-9H,1-2,6-7,10-12H2,(H,20,24). The Morgan fingerprint density at radius 1 is 1.08 bits per heavy atom. The Kier molecular flexibility index (Phi) is 3.99. The molecule has 1 saturated carbocycles. The molecule has 0 unspecified atom stereocenters. The van der Waals surface area contributed by atoms with Gasteiger partial charge >= 0.3 is 6.03 Å². The molecule has 1 saturated heterocycles. The largest absolute Gasteiger partial charge is 0.334 e. The molecule has 1 spiro atoms. The van der Waals surface area contributed by atoms with Gasteiger partial charge in [0.25, 0.3) is 11.8 Å². The molecular formula is C18H20N4O3. The minimum Gasteiger partial charge on any atom is -0.334 e. The molecule has 1 aliphatic heterocycles. The minimum absolute atomic E-state index is 0.0305. The van der Waals surface area contributed by atoms with Crippen LogP contribution in [0.2, 0.25) is 0 Å². The molecule has 2 heterocycles. The highest BCUT2D eigenvalue weighted by Gasteiger charge is 2.50. The van der Waals surface area contributed by atoms with E-state index in [-0.39, 0.29) is 18.5 Å². The zero-order valence-electron chi connectivity index (χ0n) is 13.9. The quantitative estimate of drug-likeness (QED) is 0.868. The van der Waals surface area contributed by atoms with E-state index in [0.29, 0.717) is 24.6 Å². The van der Waals surface area contributed by atoms with Gasteiger partial charge in [-0.15, -0.1) is 0 Å². The first kappa shape index (κ1) is 15.8. The molecule has 2 aromatic rings. The van der Waals surface area contributed by atoms with Crippen molar-refractivity contribution in [1.82, 2.24) is 20.4 Å². The summed E-state index contributed by atoms with van der Waals surface area (Å²) < 4.78 is 5.26. The van der Waals surface area contributed by atoms with Crippen LogP contribution in [-0.4, -0.2) is 32.5 Å². The molecule has 1 aromatic heterocycles. The van der Waals surface area contributed by atoms with Gasteiger partial charge in [0.15, 0.2) is 5.82 Å². The first-order valence-electron chi connectivity index (χ1n) is 8.70. The van der Waals surface area contributed by atoms with Crippen LogP contribution in [0.5, 0.6) is 0 Å². The second kappa shape index (κ2) is 6.31. The van der Waals surface area contributed by atoms with Crippen LogP contribution < -0.4 is 5.32 Å². The first-order chi connectivity index (χ1) is 12.2. The maximum atomic E-state index is 12.9. The van der Waals surface area contributed by atoms with Gasteiger partial charge in [-0.3, -0.25) is 9.69 Å². The van der Waals surface area contributed by atoms with Crippen LogP contribution in [-0.2, 0) is 11.3 Å². The summed E-state index contributed by atoms with van der Waals surface area (Å²) in [5.74, 6) is 0.547. The summed E-state index contributed by atoms with van der Waals surface area (Å²) in [7, 11) is 0. The van der Waals surface area contributed by atoms with E-state index in [4.69, 9.17) is 4.52 Å². The smallest absolute Gasteiger partial charge is 0.325 e. The van der Waals surface area contributed by atoms with Gasteiger partial charge in [0, 0.05) is 5.56 Å². The highest BCUT2D eigenvalue weighted by Crippen LogP contribution is 2.33. The Morgan fingerprint density at radius 3 is 2.52 bits per heavy atom. The van der Waals surface area contributed by atoms with E-state index >= 15 is 0 Å². The van der Waals surface area contributed by atoms with Crippen LogP contribution >= 0.6 is 0 Å². The summed E-state index contributed by atoms with van der Waals surface area (Å²) in [5, 5.41) is 6.84. The number of nitrogens with one attached hydrogen (secondary N) is 1. The average Bonchev–Trinajstić information content (AvgIpc) is 3.08. The van der Waals surface area contributed by atoms with Crippen molar-refractivity contribution < 1.29 is 14.1 Å². The maximum Gasteiger partial charge on any atom is 0.325 e. The molecule has 1 aliphatic carbocycles. The molecule has 0 atom stereocenters. The van der Waals surface area contributed by atoms with Gasteiger partial charge in [-0.25, -0.2) is 4.79 Å². The number of aromatic nitrogens is 2. The van der Waals surface area contributed by atoms with E-state index in [1.807, 2.05) is 30.3 Å². The molecule has 130 valence electrons. The van der Waals surface area contributed by atoms with Crippen LogP contribution in [0.4, 0.5) is 4.79 Å². The molecular weight excluding hydrogens is 320 g/mol. The van der Waals surface area contributed by atoms with Crippen molar-refractivity contribution >= 4 is 11.9 Å². The fraction of sp³-hybridized carbons (Fsp3) is 0.444. The molecule has 2 fully saturated rings. The number of nitrogens with zero attached hydrogens (tertiary/aromatic N) is 3. The molecule has 1 aromatic carbocycles. The van der Waals surface area contributed by atoms with Crippen molar-refractivity contribution in [3.05, 3.63) is 36.2 Å². The van der Waals surface area contributed by atoms with E-state index < -0.39 is 5.54 Å². The van der Waals surface area contributed by atoms with Gasteiger partial charge in [-0.1, -0.05) is 49.0 Å². The Morgan fingerprint density at radius 2 is 1.80 bits per heavy atom. The summed E-state index contributed by atoms with van der Waals surface area (Å²) in [5.41, 5.74) is 0.0678. The lowest BCUT2D eigenvalue weighted by Gasteiger charge is -2.24. The van der Waals surface area contributed by atoms with Gasteiger partial charge in [-0.05, 0) is 25.0 Å². The fourth-order valence-electron chi connectivity index (χ4n) is 3.65. The molecule has 4 rings (SSSR count). The fourth-order valence-corrected chi connectivity index (χ4v) is 3.65. The summed E-state index contributed by atoms with van der Waals surface area (Å²) in [6, 6.07) is 9.04. The Balaban J connectivity index is 1.52. The van der Waals surface area contributed by atoms with Gasteiger partial charge in [0.05, 0.1) is 6.54 Å². The van der Waals surface area contributed by atoms with Crippen molar-refractivity contribution in [1.29, 1.82) is 0 Å². The average molecular weight is 340 g/mol. The zero-order valence-corrected chi connectivity index (χ0v) is 13.9.